The van der Waals surface area contributed by atoms with Crippen LogP contribution in [0, 0.1) is 19.7 Å². The number of amides is 2. The fourth-order valence-corrected chi connectivity index (χ4v) is 5.02. The number of hydrogen-bond acceptors (Lipinski definition) is 6. The number of carbonyl (C=O) groups excluding carboxylic acids is 2. The summed E-state index contributed by atoms with van der Waals surface area (Å²) in [6.07, 6.45) is 0.652. The zero-order chi connectivity index (χ0) is 27.9. The number of carbonyl (C=O) groups is 2. The standard InChI is InChI=1S/C29H37FN6O3/c1-4-31-26(37)18-24-22-9-6-10-23(30)28(22)29(39)36(33-24)19-27(38)32-12-7-13-34-14-16-35(17-15-34)25-11-5-8-20(2)21(25)3/h5-6,8-11H,4,7,12-19H2,1-3H3,(H,31,37)(H,32,38). The van der Waals surface area contributed by atoms with E-state index in [0.717, 1.165) is 43.8 Å². The summed E-state index contributed by atoms with van der Waals surface area (Å²) in [5.41, 5.74) is 3.49. The van der Waals surface area contributed by atoms with Gasteiger partial charge in [0.1, 0.15) is 12.4 Å². The molecule has 2 heterocycles. The molecule has 1 fully saturated rings. The first-order chi connectivity index (χ1) is 18.8. The van der Waals surface area contributed by atoms with Crippen LogP contribution in [0.3, 0.4) is 0 Å². The Morgan fingerprint density at radius 2 is 1.74 bits per heavy atom. The number of rotatable bonds is 10. The lowest BCUT2D eigenvalue weighted by atomic mass is 10.1. The third kappa shape index (κ3) is 6.81. The highest BCUT2D eigenvalue weighted by Crippen LogP contribution is 2.24. The molecule has 2 aromatic carbocycles. The molecule has 0 radical (unpaired) electrons. The molecule has 1 aromatic heterocycles. The van der Waals surface area contributed by atoms with E-state index in [-0.39, 0.29) is 41.2 Å². The van der Waals surface area contributed by atoms with Gasteiger partial charge in [0.15, 0.2) is 0 Å². The van der Waals surface area contributed by atoms with Gasteiger partial charge in [0.25, 0.3) is 5.56 Å². The van der Waals surface area contributed by atoms with Gasteiger partial charge in [0, 0.05) is 50.3 Å². The largest absolute Gasteiger partial charge is 0.369 e. The second kappa shape index (κ2) is 12.8. The van der Waals surface area contributed by atoms with Crippen LogP contribution in [0.25, 0.3) is 10.8 Å². The van der Waals surface area contributed by atoms with Crippen LogP contribution in [0.4, 0.5) is 10.1 Å². The Kier molecular flexibility index (Phi) is 9.29. The minimum atomic E-state index is -0.705. The molecule has 0 saturated carbocycles. The van der Waals surface area contributed by atoms with Gasteiger partial charge >= 0.3 is 0 Å². The molecule has 39 heavy (non-hydrogen) atoms. The quantitative estimate of drug-likeness (QED) is 0.386. The smallest absolute Gasteiger partial charge is 0.278 e. The molecule has 1 saturated heterocycles. The zero-order valence-electron chi connectivity index (χ0n) is 22.9. The number of aromatic nitrogens is 2. The van der Waals surface area contributed by atoms with E-state index < -0.39 is 11.4 Å². The number of nitrogens with one attached hydrogen (secondary N) is 2. The second-order valence-electron chi connectivity index (χ2n) is 9.95. The van der Waals surface area contributed by atoms with Gasteiger partial charge < -0.3 is 15.5 Å². The first-order valence-electron chi connectivity index (χ1n) is 13.5. The number of anilines is 1. The lowest BCUT2D eigenvalue weighted by Gasteiger charge is -2.37. The molecule has 3 aromatic rings. The maximum absolute atomic E-state index is 14.6. The Morgan fingerprint density at radius 1 is 1.00 bits per heavy atom. The molecule has 0 bridgehead atoms. The fraction of sp³-hybridized carbons (Fsp3) is 0.448. The summed E-state index contributed by atoms with van der Waals surface area (Å²) in [5.74, 6) is -1.38. The maximum atomic E-state index is 14.6. The number of benzene rings is 2. The highest BCUT2D eigenvalue weighted by molar-refractivity contribution is 5.89. The monoisotopic (exact) mass is 536 g/mol. The number of halogens is 1. The van der Waals surface area contributed by atoms with E-state index in [0.29, 0.717) is 13.1 Å². The van der Waals surface area contributed by atoms with Crippen molar-refractivity contribution in [1.29, 1.82) is 0 Å². The predicted octanol–water partition coefficient (Wildman–Crippen LogP) is 2.16. The minimum Gasteiger partial charge on any atom is -0.369 e. The summed E-state index contributed by atoms with van der Waals surface area (Å²) in [6.45, 7) is 11.3. The molecule has 4 rings (SSSR count). The highest BCUT2D eigenvalue weighted by atomic mass is 19.1. The van der Waals surface area contributed by atoms with Crippen molar-refractivity contribution in [2.75, 3.05) is 50.7 Å². The molecule has 0 unspecified atom stereocenters. The van der Waals surface area contributed by atoms with Gasteiger partial charge in [-0.2, -0.15) is 5.10 Å². The first kappa shape index (κ1) is 28.2. The van der Waals surface area contributed by atoms with Crippen molar-refractivity contribution < 1.29 is 14.0 Å². The van der Waals surface area contributed by atoms with Crippen LogP contribution >= 0.6 is 0 Å². The van der Waals surface area contributed by atoms with E-state index in [2.05, 4.69) is 57.6 Å². The van der Waals surface area contributed by atoms with Crippen LogP contribution in [0.1, 0.15) is 30.2 Å². The summed E-state index contributed by atoms with van der Waals surface area (Å²) in [6, 6.07) is 10.6. The Labute approximate surface area is 228 Å². The van der Waals surface area contributed by atoms with Crippen molar-refractivity contribution in [3.63, 3.8) is 0 Å². The third-order valence-electron chi connectivity index (χ3n) is 7.27. The van der Waals surface area contributed by atoms with Crippen molar-refractivity contribution in [2.24, 2.45) is 0 Å². The highest BCUT2D eigenvalue weighted by Gasteiger charge is 2.20. The Morgan fingerprint density at radius 3 is 2.49 bits per heavy atom. The van der Waals surface area contributed by atoms with E-state index in [1.807, 2.05) is 0 Å². The molecule has 1 aliphatic rings. The van der Waals surface area contributed by atoms with Crippen LogP contribution in [-0.2, 0) is 22.6 Å². The summed E-state index contributed by atoms with van der Waals surface area (Å²) in [5, 5.41) is 9.88. The van der Waals surface area contributed by atoms with Crippen LogP contribution < -0.4 is 21.1 Å². The second-order valence-corrected chi connectivity index (χ2v) is 9.95. The van der Waals surface area contributed by atoms with Gasteiger partial charge in [-0.3, -0.25) is 19.3 Å². The van der Waals surface area contributed by atoms with Crippen molar-refractivity contribution in [3.8, 4) is 0 Å². The van der Waals surface area contributed by atoms with Crippen molar-refractivity contribution in [1.82, 2.24) is 25.3 Å². The number of fused-ring (bicyclic) bond motifs is 1. The number of likely N-dealkylation sites (N-methyl/N-ethyl adjacent to an activating group) is 1. The normalized spacial score (nSPS) is 14.0. The summed E-state index contributed by atoms with van der Waals surface area (Å²) in [4.78, 5) is 42.5. The molecule has 0 aliphatic carbocycles. The molecule has 10 heteroatoms. The van der Waals surface area contributed by atoms with Crippen LogP contribution in [0.5, 0.6) is 0 Å². The third-order valence-corrected chi connectivity index (χ3v) is 7.27. The van der Waals surface area contributed by atoms with E-state index >= 15 is 0 Å². The summed E-state index contributed by atoms with van der Waals surface area (Å²) >= 11 is 0. The minimum absolute atomic E-state index is 0.119. The first-order valence-corrected chi connectivity index (χ1v) is 13.5. The molecule has 9 nitrogen and oxygen atoms in total. The maximum Gasteiger partial charge on any atom is 0.278 e. The van der Waals surface area contributed by atoms with E-state index in [9.17, 15) is 18.8 Å². The molecule has 2 amide bonds. The van der Waals surface area contributed by atoms with Gasteiger partial charge in [0.2, 0.25) is 11.8 Å². The summed E-state index contributed by atoms with van der Waals surface area (Å²) in [7, 11) is 0. The Balaban J connectivity index is 1.30. The lowest BCUT2D eigenvalue weighted by molar-refractivity contribution is -0.122. The molecular weight excluding hydrogens is 499 g/mol. The van der Waals surface area contributed by atoms with Gasteiger partial charge in [-0.1, -0.05) is 24.3 Å². The number of nitrogens with zero attached hydrogens (tertiary/aromatic N) is 4. The van der Waals surface area contributed by atoms with E-state index in [4.69, 9.17) is 0 Å². The van der Waals surface area contributed by atoms with E-state index in [1.54, 1.807) is 13.0 Å². The molecular formula is C29H37FN6O3. The number of hydrogen-bond donors (Lipinski definition) is 2. The van der Waals surface area contributed by atoms with Crippen molar-refractivity contribution >= 4 is 28.3 Å². The lowest BCUT2D eigenvalue weighted by Crippen LogP contribution is -2.47. The van der Waals surface area contributed by atoms with Gasteiger partial charge in [-0.15, -0.1) is 0 Å². The molecule has 0 spiro atoms. The predicted molar refractivity (Wildman–Crippen MR) is 151 cm³/mol. The van der Waals surface area contributed by atoms with Gasteiger partial charge in [-0.25, -0.2) is 9.07 Å². The zero-order valence-corrected chi connectivity index (χ0v) is 22.9. The van der Waals surface area contributed by atoms with Crippen LogP contribution in [-0.4, -0.2) is 72.3 Å². The van der Waals surface area contributed by atoms with Crippen LogP contribution in [0.15, 0.2) is 41.2 Å². The van der Waals surface area contributed by atoms with Gasteiger partial charge in [-0.05, 0) is 57.0 Å². The van der Waals surface area contributed by atoms with Gasteiger partial charge in [0.05, 0.1) is 17.5 Å². The Hall–Kier alpha value is -3.79. The Bertz CT molecular complexity index is 1400. The van der Waals surface area contributed by atoms with Crippen molar-refractivity contribution in [3.05, 3.63) is 69.4 Å². The molecule has 0 atom stereocenters. The average molecular weight is 537 g/mol. The van der Waals surface area contributed by atoms with Crippen molar-refractivity contribution in [2.45, 2.75) is 40.2 Å². The molecule has 1 aliphatic heterocycles. The number of piperazine rings is 1. The number of aryl methyl sites for hydroxylation is 1. The van der Waals surface area contributed by atoms with Crippen LogP contribution in [0.2, 0.25) is 0 Å². The average Bonchev–Trinajstić information content (AvgIpc) is 2.91. The SMILES string of the molecule is CCNC(=O)Cc1nn(CC(=O)NCCCN2CCN(c3cccc(C)c3C)CC2)c(=O)c2c(F)cccc12. The molecule has 208 valence electrons. The summed E-state index contributed by atoms with van der Waals surface area (Å²) < 4.78 is 15.5. The fourth-order valence-electron chi connectivity index (χ4n) is 5.02. The topological polar surface area (TPSA) is 99.6 Å². The molecule has 2 N–H and O–H groups in total. The van der Waals surface area contributed by atoms with E-state index in [1.165, 1.54) is 28.9 Å².